The van der Waals surface area contributed by atoms with E-state index in [1.807, 2.05) is 11.8 Å². The number of nitrogens with zero attached hydrogens (tertiary/aromatic N) is 3. The van der Waals surface area contributed by atoms with Crippen LogP contribution in [0.2, 0.25) is 0 Å². The molecule has 0 spiro atoms. The van der Waals surface area contributed by atoms with E-state index in [0.717, 1.165) is 36.8 Å². The first-order chi connectivity index (χ1) is 7.92. The Morgan fingerprint density at radius 3 is 3.00 bits per heavy atom. The van der Waals surface area contributed by atoms with Crippen LogP contribution in [0.1, 0.15) is 37.9 Å². The highest BCUT2D eigenvalue weighted by atomic mass is 32.2. The zero-order valence-electron chi connectivity index (χ0n) is 9.69. The van der Waals surface area contributed by atoms with Crippen LogP contribution in [-0.2, 0) is 13.0 Å². The van der Waals surface area contributed by atoms with Crippen molar-refractivity contribution in [3.05, 3.63) is 5.82 Å². The van der Waals surface area contributed by atoms with Gasteiger partial charge >= 0.3 is 0 Å². The van der Waals surface area contributed by atoms with Gasteiger partial charge in [0.25, 0.3) is 0 Å². The van der Waals surface area contributed by atoms with Crippen molar-refractivity contribution in [3.63, 3.8) is 0 Å². The molecule has 0 fully saturated rings. The minimum absolute atomic E-state index is 0.790. The van der Waals surface area contributed by atoms with Crippen LogP contribution in [-0.4, -0.2) is 27.1 Å². The van der Waals surface area contributed by atoms with E-state index in [2.05, 4.69) is 14.8 Å². The smallest absolute Gasteiger partial charge is 0.191 e. The quantitative estimate of drug-likeness (QED) is 0.630. The first-order valence-electron chi connectivity index (χ1n) is 6.17. The maximum Gasteiger partial charge on any atom is 0.191 e. The van der Waals surface area contributed by atoms with Crippen molar-refractivity contribution in [3.8, 4) is 0 Å². The highest BCUT2D eigenvalue weighted by Gasteiger charge is 2.14. The number of nitrogens with two attached hydrogens (primary N) is 1. The maximum absolute atomic E-state index is 5.48. The van der Waals surface area contributed by atoms with Gasteiger partial charge in [-0.3, -0.25) is 0 Å². The molecule has 4 nitrogen and oxygen atoms in total. The van der Waals surface area contributed by atoms with Crippen LogP contribution < -0.4 is 5.73 Å². The van der Waals surface area contributed by atoms with E-state index in [9.17, 15) is 0 Å². The average Bonchev–Trinajstić information content (AvgIpc) is 2.54. The summed E-state index contributed by atoms with van der Waals surface area (Å²) in [6.45, 7) is 1.89. The maximum atomic E-state index is 5.48. The van der Waals surface area contributed by atoms with E-state index in [1.165, 1.54) is 31.5 Å². The third-order valence-corrected chi connectivity index (χ3v) is 3.96. The predicted molar refractivity (Wildman–Crippen MR) is 66.6 cm³/mol. The third-order valence-electron chi connectivity index (χ3n) is 2.91. The van der Waals surface area contributed by atoms with Crippen LogP contribution in [0.15, 0.2) is 5.16 Å². The lowest BCUT2D eigenvalue weighted by molar-refractivity contribution is 0.590. The van der Waals surface area contributed by atoms with Crippen LogP contribution in [0.5, 0.6) is 0 Å². The molecule has 0 atom stereocenters. The minimum Gasteiger partial charge on any atom is -0.330 e. The summed E-state index contributed by atoms with van der Waals surface area (Å²) in [5.74, 6) is 2.29. The molecule has 5 heteroatoms. The number of aromatic nitrogens is 3. The Morgan fingerprint density at radius 2 is 2.12 bits per heavy atom. The van der Waals surface area contributed by atoms with E-state index < -0.39 is 0 Å². The summed E-state index contributed by atoms with van der Waals surface area (Å²) in [5, 5.41) is 9.67. The Hall–Kier alpha value is -0.550. The second-order valence-corrected chi connectivity index (χ2v) is 5.27. The van der Waals surface area contributed by atoms with Gasteiger partial charge in [0.15, 0.2) is 5.16 Å². The normalized spacial score (nSPS) is 15.8. The highest BCUT2D eigenvalue weighted by Crippen LogP contribution is 2.22. The third kappa shape index (κ3) is 2.98. The van der Waals surface area contributed by atoms with Gasteiger partial charge in [0.2, 0.25) is 0 Å². The highest BCUT2D eigenvalue weighted by molar-refractivity contribution is 7.99. The molecular formula is C11H20N4S. The second kappa shape index (κ2) is 6.25. The summed E-state index contributed by atoms with van der Waals surface area (Å²) in [6, 6.07) is 0. The summed E-state index contributed by atoms with van der Waals surface area (Å²) in [7, 11) is 0. The minimum atomic E-state index is 0.790. The largest absolute Gasteiger partial charge is 0.330 e. The van der Waals surface area contributed by atoms with E-state index >= 15 is 0 Å². The molecule has 0 amide bonds. The summed E-state index contributed by atoms with van der Waals surface area (Å²) in [4.78, 5) is 0. The number of thioether (sulfide) groups is 1. The molecule has 90 valence electrons. The zero-order chi connectivity index (χ0) is 11.2. The van der Waals surface area contributed by atoms with Gasteiger partial charge in [0.05, 0.1) is 0 Å². The molecule has 0 saturated carbocycles. The lowest BCUT2D eigenvalue weighted by Gasteiger charge is -2.05. The molecular weight excluding hydrogens is 220 g/mol. The average molecular weight is 240 g/mol. The molecule has 1 aliphatic heterocycles. The van der Waals surface area contributed by atoms with Crippen LogP contribution in [0.4, 0.5) is 0 Å². The number of hydrogen-bond acceptors (Lipinski definition) is 4. The molecule has 0 unspecified atom stereocenters. The Labute approximate surface area is 101 Å². The van der Waals surface area contributed by atoms with E-state index in [4.69, 9.17) is 5.73 Å². The number of hydrogen-bond donors (Lipinski definition) is 1. The van der Waals surface area contributed by atoms with E-state index in [-0.39, 0.29) is 0 Å². The molecule has 2 heterocycles. The fourth-order valence-corrected chi connectivity index (χ4v) is 2.96. The van der Waals surface area contributed by atoms with Gasteiger partial charge in [0.1, 0.15) is 5.82 Å². The Balaban J connectivity index is 1.91. The summed E-state index contributed by atoms with van der Waals surface area (Å²) in [5.41, 5.74) is 5.48. The van der Waals surface area contributed by atoms with Gasteiger partial charge in [-0.05, 0) is 32.2 Å². The standard InChI is InChI=1S/C11H20N4S/c12-7-3-5-9-16-11-14-13-10-6-2-1-4-8-15(10)11/h1-9,12H2. The van der Waals surface area contributed by atoms with Crippen molar-refractivity contribution in [1.82, 2.24) is 14.8 Å². The summed E-state index contributed by atoms with van der Waals surface area (Å²) >= 11 is 1.82. The van der Waals surface area contributed by atoms with Crippen LogP contribution in [0.3, 0.4) is 0 Å². The van der Waals surface area contributed by atoms with Crippen LogP contribution in [0, 0.1) is 0 Å². The number of aryl methyl sites for hydroxylation is 1. The fraction of sp³-hybridized carbons (Fsp3) is 0.818. The monoisotopic (exact) mass is 240 g/mol. The van der Waals surface area contributed by atoms with E-state index in [0.29, 0.717) is 0 Å². The summed E-state index contributed by atoms with van der Waals surface area (Å²) < 4.78 is 2.31. The predicted octanol–water partition coefficient (Wildman–Crippen LogP) is 1.84. The van der Waals surface area contributed by atoms with Gasteiger partial charge in [0, 0.05) is 18.7 Å². The molecule has 16 heavy (non-hydrogen) atoms. The van der Waals surface area contributed by atoms with Crippen molar-refractivity contribution < 1.29 is 0 Å². The van der Waals surface area contributed by atoms with Crippen LogP contribution >= 0.6 is 11.8 Å². The first-order valence-corrected chi connectivity index (χ1v) is 7.15. The molecule has 0 saturated heterocycles. The van der Waals surface area contributed by atoms with Gasteiger partial charge in [-0.25, -0.2) is 0 Å². The van der Waals surface area contributed by atoms with Crippen molar-refractivity contribution in [2.75, 3.05) is 12.3 Å². The molecule has 0 aliphatic carbocycles. The topological polar surface area (TPSA) is 56.7 Å². The summed E-state index contributed by atoms with van der Waals surface area (Å²) in [6.07, 6.45) is 7.21. The van der Waals surface area contributed by atoms with Gasteiger partial charge in [-0.2, -0.15) is 0 Å². The van der Waals surface area contributed by atoms with Crippen molar-refractivity contribution in [2.45, 2.75) is 50.2 Å². The number of rotatable bonds is 5. The lowest BCUT2D eigenvalue weighted by Crippen LogP contribution is -2.03. The Morgan fingerprint density at radius 1 is 1.19 bits per heavy atom. The Bertz CT molecular complexity index is 324. The van der Waals surface area contributed by atoms with Gasteiger partial charge < -0.3 is 10.3 Å². The van der Waals surface area contributed by atoms with Gasteiger partial charge in [-0.15, -0.1) is 10.2 Å². The molecule has 2 rings (SSSR count). The van der Waals surface area contributed by atoms with Crippen LogP contribution in [0.25, 0.3) is 0 Å². The van der Waals surface area contributed by atoms with Crippen molar-refractivity contribution in [2.24, 2.45) is 5.73 Å². The van der Waals surface area contributed by atoms with Crippen molar-refractivity contribution in [1.29, 1.82) is 0 Å². The molecule has 0 aromatic carbocycles. The van der Waals surface area contributed by atoms with Crippen molar-refractivity contribution >= 4 is 11.8 Å². The number of fused-ring (bicyclic) bond motifs is 1. The first kappa shape index (κ1) is 11.9. The second-order valence-electron chi connectivity index (χ2n) is 4.21. The SMILES string of the molecule is NCCCCSc1nnc2n1CCCCC2. The van der Waals surface area contributed by atoms with E-state index in [1.54, 1.807) is 0 Å². The molecule has 0 radical (unpaired) electrons. The Kier molecular flexibility index (Phi) is 4.66. The zero-order valence-corrected chi connectivity index (χ0v) is 10.5. The fourth-order valence-electron chi connectivity index (χ4n) is 1.97. The molecule has 1 aromatic rings. The van der Waals surface area contributed by atoms with Gasteiger partial charge in [-0.1, -0.05) is 18.2 Å². The molecule has 0 bridgehead atoms. The molecule has 1 aliphatic rings. The number of unbranched alkanes of at least 4 members (excludes halogenated alkanes) is 1. The molecule has 2 N–H and O–H groups in total. The molecule has 1 aromatic heterocycles. The lowest BCUT2D eigenvalue weighted by atomic mass is 10.2.